The minimum absolute atomic E-state index is 0.0164. The molecule has 7 heteroatoms. The predicted octanol–water partition coefficient (Wildman–Crippen LogP) is 5.85. The average Bonchev–Trinajstić information content (AvgIpc) is 3.50. The first-order chi connectivity index (χ1) is 16.2. The molecule has 1 amide bonds. The average molecular weight is 484 g/mol. The van der Waals surface area contributed by atoms with Crippen LogP contribution in [-0.2, 0) is 12.8 Å². The number of hydrogen-bond donors (Lipinski definition) is 1. The number of amides is 1. The highest BCUT2D eigenvalue weighted by molar-refractivity contribution is 7.16. The second-order valence-electron chi connectivity index (χ2n) is 8.78. The molecule has 1 atom stereocenters. The maximum atomic E-state index is 13.0. The molecule has 1 N–H and O–H groups in total. The highest BCUT2D eigenvalue weighted by Crippen LogP contribution is 2.47. The van der Waals surface area contributed by atoms with E-state index in [9.17, 15) is 4.79 Å². The van der Waals surface area contributed by atoms with E-state index < -0.39 is 0 Å². The first kappa shape index (κ1) is 22.7. The van der Waals surface area contributed by atoms with Gasteiger partial charge in [0.2, 0.25) is 0 Å². The van der Waals surface area contributed by atoms with E-state index >= 15 is 0 Å². The number of carbonyl (C=O) groups is 1. The van der Waals surface area contributed by atoms with Crippen LogP contribution in [0.25, 0.3) is 0 Å². The largest absolute Gasteiger partial charge is 0.459 e. The molecular weight excluding hydrogens is 454 g/mol. The highest BCUT2D eigenvalue weighted by Gasteiger charge is 2.34. The molecule has 2 aliphatic rings. The summed E-state index contributed by atoms with van der Waals surface area (Å²) in [5, 5.41) is 4.92. The molecule has 2 aromatic heterocycles. The van der Waals surface area contributed by atoms with Crippen LogP contribution in [0.2, 0.25) is 5.02 Å². The van der Waals surface area contributed by atoms with E-state index in [-0.39, 0.29) is 11.9 Å². The SMILES string of the molecule is CCN1CCN([C@H](c2ccccc2Cl)c2c(NC(=O)c3ccco3)sc3c2CCCC3)CC1. The van der Waals surface area contributed by atoms with Gasteiger partial charge < -0.3 is 14.6 Å². The van der Waals surface area contributed by atoms with Crippen molar-refractivity contribution in [3.05, 3.63) is 75.0 Å². The molecule has 1 saturated heterocycles. The lowest BCUT2D eigenvalue weighted by atomic mass is 9.88. The minimum Gasteiger partial charge on any atom is -0.459 e. The summed E-state index contributed by atoms with van der Waals surface area (Å²) in [6, 6.07) is 11.6. The Morgan fingerprint density at radius 2 is 1.91 bits per heavy atom. The molecule has 0 unspecified atom stereocenters. The monoisotopic (exact) mass is 483 g/mol. The van der Waals surface area contributed by atoms with Crippen molar-refractivity contribution >= 4 is 33.8 Å². The fourth-order valence-electron chi connectivity index (χ4n) is 5.11. The zero-order valence-electron chi connectivity index (χ0n) is 19.0. The Kier molecular flexibility index (Phi) is 6.88. The molecule has 5 rings (SSSR count). The molecule has 33 heavy (non-hydrogen) atoms. The molecule has 174 valence electrons. The number of fused-ring (bicyclic) bond motifs is 1. The molecule has 0 saturated carbocycles. The summed E-state index contributed by atoms with van der Waals surface area (Å²) >= 11 is 8.53. The number of hydrogen-bond acceptors (Lipinski definition) is 5. The number of halogens is 1. The first-order valence-corrected chi connectivity index (χ1v) is 13.0. The summed E-state index contributed by atoms with van der Waals surface area (Å²) in [6.07, 6.45) is 6.04. The number of thiophene rings is 1. The fraction of sp³-hybridized carbons (Fsp3) is 0.423. The van der Waals surface area contributed by atoms with E-state index in [0.29, 0.717) is 5.76 Å². The van der Waals surface area contributed by atoms with E-state index in [2.05, 4.69) is 34.2 Å². The van der Waals surface area contributed by atoms with Crippen LogP contribution in [0.4, 0.5) is 5.00 Å². The molecule has 3 aromatic rings. The molecule has 5 nitrogen and oxygen atoms in total. The van der Waals surface area contributed by atoms with Crippen LogP contribution < -0.4 is 5.32 Å². The Hall–Kier alpha value is -2.12. The van der Waals surface area contributed by atoms with E-state index in [1.54, 1.807) is 23.5 Å². The van der Waals surface area contributed by atoms with E-state index in [0.717, 1.165) is 61.2 Å². The van der Waals surface area contributed by atoms with Gasteiger partial charge in [-0.15, -0.1) is 11.3 Å². The lowest BCUT2D eigenvalue weighted by molar-refractivity contribution is 0.0995. The number of piperazine rings is 1. The lowest BCUT2D eigenvalue weighted by Gasteiger charge is -2.40. The van der Waals surface area contributed by atoms with Crippen molar-refractivity contribution in [1.82, 2.24) is 9.80 Å². The Bertz CT molecular complexity index is 1100. The third-order valence-corrected chi connectivity index (χ3v) is 8.44. The maximum absolute atomic E-state index is 13.0. The zero-order chi connectivity index (χ0) is 22.8. The number of carbonyl (C=O) groups excluding carboxylic acids is 1. The van der Waals surface area contributed by atoms with Gasteiger partial charge >= 0.3 is 0 Å². The molecule has 1 aromatic carbocycles. The quantitative estimate of drug-likeness (QED) is 0.477. The van der Waals surface area contributed by atoms with E-state index in [1.165, 1.54) is 35.1 Å². The van der Waals surface area contributed by atoms with Gasteiger partial charge in [-0.3, -0.25) is 9.69 Å². The van der Waals surface area contributed by atoms with Crippen LogP contribution in [0, 0.1) is 0 Å². The van der Waals surface area contributed by atoms with Crippen LogP contribution in [0.1, 0.15) is 57.9 Å². The molecule has 0 bridgehead atoms. The molecule has 0 spiro atoms. The van der Waals surface area contributed by atoms with Gasteiger partial charge in [0.05, 0.1) is 12.3 Å². The Morgan fingerprint density at radius 1 is 1.12 bits per heavy atom. The third kappa shape index (κ3) is 4.62. The van der Waals surface area contributed by atoms with E-state index in [4.69, 9.17) is 16.0 Å². The van der Waals surface area contributed by atoms with Crippen LogP contribution in [0.5, 0.6) is 0 Å². The van der Waals surface area contributed by atoms with Crippen LogP contribution >= 0.6 is 22.9 Å². The Balaban J connectivity index is 1.60. The second-order valence-corrected chi connectivity index (χ2v) is 10.3. The summed E-state index contributed by atoms with van der Waals surface area (Å²) in [4.78, 5) is 19.4. The molecule has 0 radical (unpaired) electrons. The number of furan rings is 1. The number of likely N-dealkylation sites (N-methyl/N-ethyl adjacent to an activating group) is 1. The van der Waals surface area contributed by atoms with Gasteiger partial charge in [0.15, 0.2) is 5.76 Å². The van der Waals surface area contributed by atoms with Gasteiger partial charge in [0.1, 0.15) is 5.00 Å². The van der Waals surface area contributed by atoms with Crippen molar-refractivity contribution in [3.63, 3.8) is 0 Å². The highest BCUT2D eigenvalue weighted by atomic mass is 35.5. The maximum Gasteiger partial charge on any atom is 0.291 e. The minimum atomic E-state index is -0.200. The standard InChI is InChI=1S/C26H30ClN3O2S/c1-2-29-13-15-30(16-14-29)24(18-8-3-5-10-20(18)27)23-19-9-4-6-12-22(19)33-26(23)28-25(31)21-11-7-17-32-21/h3,5,7-8,10-11,17,24H,2,4,6,9,12-16H2,1H3,(H,28,31)/t24-/m1/s1. The summed E-state index contributed by atoms with van der Waals surface area (Å²) in [7, 11) is 0. The van der Waals surface area contributed by atoms with Gasteiger partial charge in [-0.05, 0) is 61.6 Å². The smallest absolute Gasteiger partial charge is 0.291 e. The number of nitrogens with zero attached hydrogens (tertiary/aromatic N) is 2. The van der Waals surface area contributed by atoms with Gasteiger partial charge in [0, 0.05) is 41.6 Å². The van der Waals surface area contributed by atoms with Gasteiger partial charge in [-0.2, -0.15) is 0 Å². The third-order valence-electron chi connectivity index (χ3n) is 6.88. The fourth-order valence-corrected chi connectivity index (χ4v) is 6.67. The zero-order valence-corrected chi connectivity index (χ0v) is 20.6. The van der Waals surface area contributed by atoms with Crippen molar-refractivity contribution in [2.24, 2.45) is 0 Å². The van der Waals surface area contributed by atoms with Gasteiger partial charge in [-0.1, -0.05) is 36.7 Å². The molecule has 1 aliphatic heterocycles. The van der Waals surface area contributed by atoms with Gasteiger partial charge in [0.25, 0.3) is 5.91 Å². The predicted molar refractivity (Wildman–Crippen MR) is 135 cm³/mol. The Morgan fingerprint density at radius 3 is 2.64 bits per heavy atom. The van der Waals surface area contributed by atoms with Crippen LogP contribution in [0.3, 0.4) is 0 Å². The number of aryl methyl sites for hydroxylation is 1. The van der Waals surface area contributed by atoms with Crippen molar-refractivity contribution in [1.29, 1.82) is 0 Å². The van der Waals surface area contributed by atoms with Gasteiger partial charge in [-0.25, -0.2) is 0 Å². The molecular formula is C26H30ClN3O2S. The van der Waals surface area contributed by atoms with Crippen molar-refractivity contribution in [3.8, 4) is 0 Å². The van der Waals surface area contributed by atoms with Crippen LogP contribution in [0.15, 0.2) is 47.1 Å². The number of nitrogens with one attached hydrogen (secondary N) is 1. The van der Waals surface area contributed by atoms with Crippen molar-refractivity contribution in [2.75, 3.05) is 38.0 Å². The first-order valence-electron chi connectivity index (χ1n) is 11.9. The van der Waals surface area contributed by atoms with Crippen molar-refractivity contribution < 1.29 is 9.21 Å². The van der Waals surface area contributed by atoms with Crippen molar-refractivity contribution in [2.45, 2.75) is 38.6 Å². The topological polar surface area (TPSA) is 48.7 Å². The number of benzene rings is 1. The summed E-state index contributed by atoms with van der Waals surface area (Å²) in [6.45, 7) is 7.32. The van der Waals surface area contributed by atoms with Crippen LogP contribution in [-0.4, -0.2) is 48.4 Å². The lowest BCUT2D eigenvalue weighted by Crippen LogP contribution is -2.47. The molecule has 1 aliphatic carbocycles. The summed E-state index contributed by atoms with van der Waals surface area (Å²) in [5.41, 5.74) is 3.75. The number of anilines is 1. The van der Waals surface area contributed by atoms with E-state index in [1.807, 2.05) is 12.1 Å². The summed E-state index contributed by atoms with van der Waals surface area (Å²) < 4.78 is 5.37. The Labute approximate surface area is 204 Å². The molecule has 1 fully saturated rings. The normalized spacial score (nSPS) is 18.1. The molecule has 3 heterocycles. The number of rotatable bonds is 6. The summed E-state index contributed by atoms with van der Waals surface area (Å²) in [5.74, 6) is 0.131. The second kappa shape index (κ2) is 10.0.